The van der Waals surface area contributed by atoms with Crippen molar-refractivity contribution in [3.8, 4) is 0 Å². The Labute approximate surface area is 124 Å². The molecule has 20 heavy (non-hydrogen) atoms. The first-order valence-corrected chi connectivity index (χ1v) is 6.58. The zero-order valence-corrected chi connectivity index (χ0v) is 11.6. The van der Waals surface area contributed by atoms with Crippen molar-refractivity contribution in [3.63, 3.8) is 0 Å². The lowest BCUT2D eigenvalue weighted by Gasteiger charge is -2.03. The van der Waals surface area contributed by atoms with E-state index in [0.29, 0.717) is 32.1 Å². The molecule has 0 radical (unpaired) electrons. The van der Waals surface area contributed by atoms with E-state index in [1.165, 1.54) is 18.2 Å². The van der Waals surface area contributed by atoms with E-state index in [9.17, 15) is 9.18 Å². The van der Waals surface area contributed by atoms with E-state index >= 15 is 0 Å². The molecule has 0 saturated carbocycles. The molecule has 0 unspecified atom stereocenters. The number of benzene rings is 2. The number of rotatable bonds is 2. The number of carbonyl (C=O) groups excluding carboxylic acids is 1. The zero-order valence-electron chi connectivity index (χ0n) is 10.1. The van der Waals surface area contributed by atoms with Crippen LogP contribution in [0.25, 0.3) is 10.9 Å². The first-order chi connectivity index (χ1) is 9.56. The number of aromatic nitrogens is 1. The molecule has 0 aliphatic carbocycles. The second-order valence-corrected chi connectivity index (χ2v) is 5.19. The highest BCUT2D eigenvalue weighted by Crippen LogP contribution is 2.27. The molecule has 0 atom stereocenters. The predicted octanol–water partition coefficient (Wildman–Crippen LogP) is 4.84. The van der Waals surface area contributed by atoms with Gasteiger partial charge in [0.2, 0.25) is 0 Å². The molecule has 2 nitrogen and oxygen atoms in total. The molecular weight excluding hydrogens is 300 g/mol. The number of hydrogen-bond donors (Lipinski definition) is 1. The lowest BCUT2D eigenvalue weighted by molar-refractivity contribution is 0.104. The maximum absolute atomic E-state index is 13.1. The molecule has 0 bridgehead atoms. The van der Waals surface area contributed by atoms with Crippen LogP contribution in [0.4, 0.5) is 4.39 Å². The minimum Gasteiger partial charge on any atom is -0.360 e. The Morgan fingerprint density at radius 1 is 1.05 bits per heavy atom. The maximum Gasteiger partial charge on any atom is 0.196 e. The molecule has 1 N–H and O–H groups in total. The van der Waals surface area contributed by atoms with Gasteiger partial charge in [-0.15, -0.1) is 0 Å². The summed E-state index contributed by atoms with van der Waals surface area (Å²) in [6.07, 6.45) is 1.55. The highest BCUT2D eigenvalue weighted by molar-refractivity contribution is 6.37. The van der Waals surface area contributed by atoms with E-state index in [4.69, 9.17) is 23.2 Å². The molecule has 0 saturated heterocycles. The Morgan fingerprint density at radius 2 is 1.85 bits per heavy atom. The van der Waals surface area contributed by atoms with Crippen molar-refractivity contribution >= 4 is 39.9 Å². The second kappa shape index (κ2) is 4.93. The lowest BCUT2D eigenvalue weighted by atomic mass is 10.0. The number of halogens is 3. The van der Waals surface area contributed by atoms with Gasteiger partial charge >= 0.3 is 0 Å². The fourth-order valence-corrected chi connectivity index (χ4v) is 2.48. The Balaban J connectivity index is 2.15. The molecule has 5 heteroatoms. The third-order valence-electron chi connectivity index (χ3n) is 3.06. The van der Waals surface area contributed by atoms with Gasteiger partial charge in [-0.1, -0.05) is 23.2 Å². The van der Waals surface area contributed by atoms with Crippen LogP contribution in [-0.4, -0.2) is 10.8 Å². The van der Waals surface area contributed by atoms with E-state index in [0.717, 1.165) is 0 Å². The first kappa shape index (κ1) is 13.2. The number of H-pyrrole nitrogens is 1. The quantitative estimate of drug-likeness (QED) is 0.675. The van der Waals surface area contributed by atoms with Gasteiger partial charge in [-0.2, -0.15) is 0 Å². The largest absolute Gasteiger partial charge is 0.360 e. The van der Waals surface area contributed by atoms with Crippen LogP contribution < -0.4 is 0 Å². The molecule has 3 rings (SSSR count). The number of fused-ring (bicyclic) bond motifs is 1. The Bertz CT molecular complexity index is 826. The average Bonchev–Trinajstić information content (AvgIpc) is 2.83. The highest BCUT2D eigenvalue weighted by Gasteiger charge is 2.17. The Hall–Kier alpha value is -1.84. The van der Waals surface area contributed by atoms with Gasteiger partial charge < -0.3 is 4.98 Å². The van der Waals surface area contributed by atoms with Gasteiger partial charge in [-0.05, 0) is 36.4 Å². The predicted molar refractivity (Wildman–Crippen MR) is 78.2 cm³/mol. The SMILES string of the molecule is O=C(c1cc(Cl)ccc1Cl)c1c[nH]c2cc(F)ccc12. The van der Waals surface area contributed by atoms with Crippen molar-refractivity contribution in [1.29, 1.82) is 0 Å². The molecule has 2 aromatic carbocycles. The van der Waals surface area contributed by atoms with Gasteiger partial charge in [0.25, 0.3) is 0 Å². The molecule has 0 amide bonds. The molecule has 0 spiro atoms. The van der Waals surface area contributed by atoms with Crippen molar-refractivity contribution in [2.45, 2.75) is 0 Å². The van der Waals surface area contributed by atoms with Crippen LogP contribution in [0.2, 0.25) is 10.0 Å². The summed E-state index contributed by atoms with van der Waals surface area (Å²) in [5.74, 6) is -0.616. The van der Waals surface area contributed by atoms with Crippen molar-refractivity contribution in [2.24, 2.45) is 0 Å². The summed E-state index contributed by atoms with van der Waals surface area (Å²) < 4.78 is 13.1. The van der Waals surface area contributed by atoms with Gasteiger partial charge in [0.1, 0.15) is 5.82 Å². The number of aromatic amines is 1. The number of carbonyl (C=O) groups is 1. The van der Waals surface area contributed by atoms with Crippen LogP contribution in [0, 0.1) is 5.82 Å². The average molecular weight is 308 g/mol. The fourth-order valence-electron chi connectivity index (χ4n) is 2.10. The summed E-state index contributed by atoms with van der Waals surface area (Å²) in [6.45, 7) is 0. The Morgan fingerprint density at radius 3 is 2.65 bits per heavy atom. The van der Waals surface area contributed by atoms with Crippen molar-refractivity contribution in [2.75, 3.05) is 0 Å². The summed E-state index contributed by atoms with van der Waals surface area (Å²) >= 11 is 11.9. The highest BCUT2D eigenvalue weighted by atomic mass is 35.5. The van der Waals surface area contributed by atoms with Crippen LogP contribution in [0.1, 0.15) is 15.9 Å². The first-order valence-electron chi connectivity index (χ1n) is 5.82. The molecule has 0 aliphatic heterocycles. The van der Waals surface area contributed by atoms with Crippen molar-refractivity contribution in [3.05, 3.63) is 69.6 Å². The van der Waals surface area contributed by atoms with Crippen molar-refractivity contribution in [1.82, 2.24) is 4.98 Å². The number of ketones is 1. The topological polar surface area (TPSA) is 32.9 Å². The summed E-state index contributed by atoms with van der Waals surface area (Å²) in [7, 11) is 0. The van der Waals surface area contributed by atoms with Gasteiger partial charge in [0.05, 0.1) is 5.02 Å². The monoisotopic (exact) mass is 307 g/mol. The number of hydrogen-bond acceptors (Lipinski definition) is 1. The number of nitrogens with one attached hydrogen (secondary N) is 1. The lowest BCUT2D eigenvalue weighted by Crippen LogP contribution is -2.01. The zero-order chi connectivity index (χ0) is 14.3. The normalized spacial score (nSPS) is 10.9. The minimum absolute atomic E-state index is 0.254. The van der Waals surface area contributed by atoms with Gasteiger partial charge in [-0.3, -0.25) is 4.79 Å². The van der Waals surface area contributed by atoms with Gasteiger partial charge in [0, 0.05) is 33.2 Å². The van der Waals surface area contributed by atoms with E-state index in [1.807, 2.05) is 0 Å². The van der Waals surface area contributed by atoms with E-state index in [2.05, 4.69) is 4.98 Å². The van der Waals surface area contributed by atoms with Crippen LogP contribution in [0.15, 0.2) is 42.6 Å². The van der Waals surface area contributed by atoms with Gasteiger partial charge in [0.15, 0.2) is 5.78 Å². The molecule has 0 aliphatic rings. The molecule has 3 aromatic rings. The second-order valence-electron chi connectivity index (χ2n) is 4.35. The molecule has 1 heterocycles. The van der Waals surface area contributed by atoms with E-state index in [-0.39, 0.29) is 11.6 Å². The van der Waals surface area contributed by atoms with Crippen LogP contribution in [0.5, 0.6) is 0 Å². The summed E-state index contributed by atoms with van der Waals surface area (Å²) in [6, 6.07) is 8.93. The van der Waals surface area contributed by atoms with E-state index < -0.39 is 0 Å². The standard InChI is InChI=1S/C15H8Cl2FNO/c16-8-1-4-13(17)11(5-8)15(20)12-7-19-14-6-9(18)2-3-10(12)14/h1-7,19H. The molecular formula is C15H8Cl2FNO. The summed E-state index contributed by atoms with van der Waals surface area (Å²) in [5.41, 5.74) is 1.32. The van der Waals surface area contributed by atoms with Crippen LogP contribution in [0.3, 0.4) is 0 Å². The third-order valence-corrected chi connectivity index (χ3v) is 3.63. The molecule has 1 aromatic heterocycles. The molecule has 100 valence electrons. The smallest absolute Gasteiger partial charge is 0.196 e. The maximum atomic E-state index is 13.1. The van der Waals surface area contributed by atoms with Crippen molar-refractivity contribution < 1.29 is 9.18 Å². The fraction of sp³-hybridized carbons (Fsp3) is 0. The summed E-state index contributed by atoms with van der Waals surface area (Å²) in [4.78, 5) is 15.4. The van der Waals surface area contributed by atoms with E-state index in [1.54, 1.807) is 24.4 Å². The molecule has 0 fully saturated rings. The third kappa shape index (κ3) is 2.19. The Kier molecular flexibility index (Phi) is 3.24. The van der Waals surface area contributed by atoms with Crippen LogP contribution >= 0.6 is 23.2 Å². The van der Waals surface area contributed by atoms with Gasteiger partial charge in [-0.25, -0.2) is 4.39 Å². The minimum atomic E-state index is -0.362. The van der Waals surface area contributed by atoms with Crippen LogP contribution in [-0.2, 0) is 0 Å². The summed E-state index contributed by atoms with van der Waals surface area (Å²) in [5, 5.41) is 1.41.